The molecule has 6 aromatic carbocycles. The van der Waals surface area contributed by atoms with Gasteiger partial charge >= 0.3 is 0 Å². The zero-order valence-electron chi connectivity index (χ0n) is 19.2. The lowest BCUT2D eigenvalue weighted by atomic mass is 10.0. The number of aromatic nitrogens is 1. The average Bonchev–Trinajstić information content (AvgIpc) is 3.26. The first kappa shape index (κ1) is 19.8. The Balaban J connectivity index is 1.58. The molecule has 1 nitrogen and oxygen atoms in total. The highest BCUT2D eigenvalue weighted by atomic mass is 15.0. The van der Waals surface area contributed by atoms with E-state index < -0.39 is 0 Å². The van der Waals surface area contributed by atoms with Crippen molar-refractivity contribution in [3.05, 3.63) is 140 Å². The molecule has 0 saturated carbocycles. The molecule has 7 rings (SSSR count). The summed E-state index contributed by atoms with van der Waals surface area (Å²) in [6.45, 7) is 0. The SMILES string of the molecule is c1ccc(-c2ccc3c(c2)c2cc(-c4ccccc4)ccc2n3-c2cccc3ccccc23)cc1. The van der Waals surface area contributed by atoms with Crippen LogP contribution in [0.4, 0.5) is 0 Å². The van der Waals surface area contributed by atoms with Gasteiger partial charge in [0.2, 0.25) is 0 Å². The van der Waals surface area contributed by atoms with E-state index in [0.717, 1.165) is 0 Å². The molecule has 0 aliphatic carbocycles. The maximum atomic E-state index is 2.43. The third-order valence-corrected chi connectivity index (χ3v) is 6.99. The molecule has 0 atom stereocenters. The summed E-state index contributed by atoms with van der Waals surface area (Å²) in [7, 11) is 0. The Hall–Kier alpha value is -4.62. The molecule has 0 amide bonds. The second kappa shape index (κ2) is 8.00. The molecule has 7 aromatic rings. The highest BCUT2D eigenvalue weighted by Gasteiger charge is 2.16. The van der Waals surface area contributed by atoms with E-state index in [0.29, 0.717) is 0 Å². The molecular weight excluding hydrogens is 422 g/mol. The van der Waals surface area contributed by atoms with Crippen molar-refractivity contribution >= 4 is 32.6 Å². The van der Waals surface area contributed by atoms with Crippen LogP contribution in [0, 0.1) is 0 Å². The molecule has 35 heavy (non-hydrogen) atoms. The van der Waals surface area contributed by atoms with Crippen LogP contribution >= 0.6 is 0 Å². The summed E-state index contributed by atoms with van der Waals surface area (Å²) in [5.74, 6) is 0. The van der Waals surface area contributed by atoms with Crippen LogP contribution in [0.3, 0.4) is 0 Å². The van der Waals surface area contributed by atoms with Gasteiger partial charge in [0, 0.05) is 16.2 Å². The third-order valence-electron chi connectivity index (χ3n) is 6.99. The quantitative estimate of drug-likeness (QED) is 0.255. The molecule has 0 spiro atoms. The molecule has 0 bridgehead atoms. The zero-order chi connectivity index (χ0) is 23.2. The lowest BCUT2D eigenvalue weighted by molar-refractivity contribution is 1.20. The first-order chi connectivity index (χ1) is 17.4. The summed E-state index contributed by atoms with van der Waals surface area (Å²) >= 11 is 0. The van der Waals surface area contributed by atoms with Gasteiger partial charge in [-0.15, -0.1) is 0 Å². The van der Waals surface area contributed by atoms with E-state index in [9.17, 15) is 0 Å². The summed E-state index contributed by atoms with van der Waals surface area (Å²) in [5, 5.41) is 5.05. The molecule has 0 fully saturated rings. The van der Waals surface area contributed by atoms with Gasteiger partial charge in [0.15, 0.2) is 0 Å². The highest BCUT2D eigenvalue weighted by Crippen LogP contribution is 2.38. The van der Waals surface area contributed by atoms with Crippen LogP contribution in [-0.4, -0.2) is 4.57 Å². The van der Waals surface area contributed by atoms with E-state index in [4.69, 9.17) is 0 Å². The van der Waals surface area contributed by atoms with Gasteiger partial charge in [-0.05, 0) is 58.0 Å². The minimum absolute atomic E-state index is 1.21. The van der Waals surface area contributed by atoms with Gasteiger partial charge in [-0.1, -0.05) is 109 Å². The van der Waals surface area contributed by atoms with Crippen LogP contribution in [0.1, 0.15) is 0 Å². The van der Waals surface area contributed by atoms with Crippen LogP contribution in [0.15, 0.2) is 140 Å². The van der Waals surface area contributed by atoms with Crippen molar-refractivity contribution in [3.8, 4) is 27.9 Å². The van der Waals surface area contributed by atoms with E-state index in [1.807, 2.05) is 0 Å². The molecule has 1 heterocycles. The average molecular weight is 446 g/mol. The van der Waals surface area contributed by atoms with Crippen molar-refractivity contribution in [2.24, 2.45) is 0 Å². The Morgan fingerprint density at radius 2 is 0.857 bits per heavy atom. The molecular formula is C34H23N. The number of rotatable bonds is 3. The predicted molar refractivity (Wildman–Crippen MR) is 149 cm³/mol. The summed E-state index contributed by atoms with van der Waals surface area (Å²) in [6.07, 6.45) is 0. The van der Waals surface area contributed by atoms with E-state index >= 15 is 0 Å². The molecule has 1 aromatic heterocycles. The summed E-state index contributed by atoms with van der Waals surface area (Å²) in [4.78, 5) is 0. The number of fused-ring (bicyclic) bond motifs is 4. The van der Waals surface area contributed by atoms with Gasteiger partial charge in [-0.3, -0.25) is 0 Å². The second-order valence-electron chi connectivity index (χ2n) is 9.03. The Labute approximate surface area is 204 Å². The van der Waals surface area contributed by atoms with Crippen molar-refractivity contribution in [1.82, 2.24) is 4.57 Å². The minimum atomic E-state index is 1.21. The van der Waals surface area contributed by atoms with Gasteiger partial charge < -0.3 is 4.57 Å². The van der Waals surface area contributed by atoms with Crippen molar-refractivity contribution in [2.75, 3.05) is 0 Å². The van der Waals surface area contributed by atoms with Crippen LogP contribution in [0.25, 0.3) is 60.5 Å². The van der Waals surface area contributed by atoms with Gasteiger partial charge in [0.05, 0.1) is 16.7 Å². The fraction of sp³-hybridized carbons (Fsp3) is 0. The summed E-state index contributed by atoms with van der Waals surface area (Å²) in [5.41, 5.74) is 8.60. The Bertz CT molecular complexity index is 1720. The smallest absolute Gasteiger partial charge is 0.0541 e. The summed E-state index contributed by atoms with van der Waals surface area (Å²) in [6, 6.07) is 50.3. The van der Waals surface area contributed by atoms with Crippen LogP contribution in [0.2, 0.25) is 0 Å². The first-order valence-corrected chi connectivity index (χ1v) is 12.0. The largest absolute Gasteiger partial charge is 0.309 e. The van der Waals surface area contributed by atoms with Crippen LogP contribution < -0.4 is 0 Å². The number of hydrogen-bond donors (Lipinski definition) is 0. The minimum Gasteiger partial charge on any atom is -0.309 e. The van der Waals surface area contributed by atoms with Crippen LogP contribution in [-0.2, 0) is 0 Å². The van der Waals surface area contributed by atoms with E-state index in [1.54, 1.807) is 0 Å². The van der Waals surface area contributed by atoms with E-state index in [2.05, 4.69) is 144 Å². The first-order valence-electron chi connectivity index (χ1n) is 12.0. The maximum absolute atomic E-state index is 2.43. The van der Waals surface area contributed by atoms with E-state index in [1.165, 1.54) is 60.5 Å². The topological polar surface area (TPSA) is 4.93 Å². The molecule has 0 aliphatic heterocycles. The van der Waals surface area contributed by atoms with Crippen molar-refractivity contribution < 1.29 is 0 Å². The summed E-state index contributed by atoms with van der Waals surface area (Å²) < 4.78 is 2.43. The maximum Gasteiger partial charge on any atom is 0.0541 e. The predicted octanol–water partition coefficient (Wildman–Crippen LogP) is 9.27. The monoisotopic (exact) mass is 445 g/mol. The van der Waals surface area contributed by atoms with E-state index in [-0.39, 0.29) is 0 Å². The molecule has 0 N–H and O–H groups in total. The Morgan fingerprint density at radius 1 is 0.343 bits per heavy atom. The van der Waals surface area contributed by atoms with Crippen LogP contribution in [0.5, 0.6) is 0 Å². The molecule has 0 aliphatic rings. The molecule has 0 radical (unpaired) electrons. The molecule has 0 unspecified atom stereocenters. The normalized spacial score (nSPS) is 11.4. The van der Waals surface area contributed by atoms with Crippen molar-refractivity contribution in [2.45, 2.75) is 0 Å². The standard InChI is InChI=1S/C34H23N/c1-3-10-24(11-4-1)27-18-20-33-30(22-27)31-23-28(25-12-5-2-6-13-25)19-21-34(31)35(33)32-17-9-15-26-14-7-8-16-29(26)32/h1-23H. The third kappa shape index (κ3) is 3.25. The van der Waals surface area contributed by atoms with Gasteiger partial charge in [0.25, 0.3) is 0 Å². The fourth-order valence-electron chi connectivity index (χ4n) is 5.31. The van der Waals surface area contributed by atoms with Gasteiger partial charge in [0.1, 0.15) is 0 Å². The Kier molecular flexibility index (Phi) is 4.53. The lowest BCUT2D eigenvalue weighted by Crippen LogP contribution is -1.95. The Morgan fingerprint density at radius 3 is 1.46 bits per heavy atom. The number of nitrogens with zero attached hydrogens (tertiary/aromatic N) is 1. The fourth-order valence-corrected chi connectivity index (χ4v) is 5.31. The number of hydrogen-bond acceptors (Lipinski definition) is 0. The highest BCUT2D eigenvalue weighted by molar-refractivity contribution is 6.12. The number of benzene rings is 6. The molecule has 1 heteroatoms. The van der Waals surface area contributed by atoms with Crippen molar-refractivity contribution in [1.29, 1.82) is 0 Å². The second-order valence-corrected chi connectivity index (χ2v) is 9.03. The molecule has 164 valence electrons. The van der Waals surface area contributed by atoms with Crippen molar-refractivity contribution in [3.63, 3.8) is 0 Å². The van der Waals surface area contributed by atoms with Gasteiger partial charge in [-0.2, -0.15) is 0 Å². The lowest BCUT2D eigenvalue weighted by Gasteiger charge is -2.12. The van der Waals surface area contributed by atoms with Gasteiger partial charge in [-0.25, -0.2) is 0 Å². The molecule has 0 saturated heterocycles. The zero-order valence-corrected chi connectivity index (χ0v) is 19.2.